The maximum Gasteiger partial charge on any atom is 0.242 e. The Morgan fingerprint density at radius 1 is 1.03 bits per heavy atom. The Morgan fingerprint density at radius 2 is 1.83 bits per heavy atom. The van der Waals surface area contributed by atoms with Crippen molar-refractivity contribution in [2.45, 2.75) is 18.5 Å². The van der Waals surface area contributed by atoms with E-state index in [1.165, 1.54) is 0 Å². The number of carbonyl (C=O) groups is 1. The summed E-state index contributed by atoms with van der Waals surface area (Å²) in [5.74, 6) is 0.618. The first-order valence-corrected chi connectivity index (χ1v) is 9.14. The third-order valence-corrected chi connectivity index (χ3v) is 4.82. The number of benzene rings is 1. The Bertz CT molecular complexity index is 951. The van der Waals surface area contributed by atoms with E-state index < -0.39 is 11.4 Å². The van der Waals surface area contributed by atoms with Crippen LogP contribution in [0.2, 0.25) is 0 Å². The molecule has 0 saturated carbocycles. The molecule has 7 heteroatoms. The van der Waals surface area contributed by atoms with E-state index in [1.807, 2.05) is 24.3 Å². The van der Waals surface area contributed by atoms with Gasteiger partial charge in [-0.15, -0.1) is 0 Å². The Hall–Kier alpha value is -3.45. The van der Waals surface area contributed by atoms with E-state index in [4.69, 9.17) is 15.2 Å². The smallest absolute Gasteiger partial charge is 0.242 e. The van der Waals surface area contributed by atoms with Gasteiger partial charge in [-0.2, -0.15) is 0 Å². The van der Waals surface area contributed by atoms with E-state index in [-0.39, 0.29) is 0 Å². The summed E-state index contributed by atoms with van der Waals surface area (Å²) in [5.41, 5.74) is 7.24. The molecule has 3 N–H and O–H groups in total. The van der Waals surface area contributed by atoms with Crippen molar-refractivity contribution in [2.75, 3.05) is 14.2 Å². The summed E-state index contributed by atoms with van der Waals surface area (Å²) >= 11 is 0. The number of nitrogens with zero attached hydrogens (tertiary/aromatic N) is 2. The summed E-state index contributed by atoms with van der Waals surface area (Å²) in [6, 6.07) is 12.8. The highest BCUT2D eigenvalue weighted by atomic mass is 16.5. The number of primary amides is 1. The second kappa shape index (κ2) is 9.16. The van der Waals surface area contributed by atoms with Crippen LogP contribution in [0.25, 0.3) is 0 Å². The van der Waals surface area contributed by atoms with Gasteiger partial charge in [-0.05, 0) is 41.5 Å². The van der Waals surface area contributed by atoms with Crippen molar-refractivity contribution >= 4 is 5.91 Å². The number of hydrogen-bond donors (Lipinski definition) is 2. The molecule has 0 radical (unpaired) electrons. The molecule has 1 unspecified atom stereocenters. The fourth-order valence-corrected chi connectivity index (χ4v) is 3.27. The van der Waals surface area contributed by atoms with Gasteiger partial charge in [-0.3, -0.25) is 20.1 Å². The van der Waals surface area contributed by atoms with Gasteiger partial charge < -0.3 is 15.2 Å². The van der Waals surface area contributed by atoms with E-state index in [0.29, 0.717) is 30.0 Å². The minimum absolute atomic E-state index is 0.309. The predicted molar refractivity (Wildman–Crippen MR) is 109 cm³/mol. The van der Waals surface area contributed by atoms with Crippen molar-refractivity contribution < 1.29 is 14.3 Å². The summed E-state index contributed by atoms with van der Waals surface area (Å²) in [5, 5.41) is 3.38. The second-order valence-corrected chi connectivity index (χ2v) is 6.58. The molecule has 2 aromatic heterocycles. The molecule has 0 aliphatic carbocycles. The van der Waals surface area contributed by atoms with E-state index in [9.17, 15) is 4.79 Å². The van der Waals surface area contributed by atoms with Gasteiger partial charge in [-0.1, -0.05) is 6.07 Å². The zero-order chi connectivity index (χ0) is 20.7. The highest BCUT2D eigenvalue weighted by molar-refractivity contribution is 5.87. The lowest BCUT2D eigenvalue weighted by Gasteiger charge is -2.34. The largest absolute Gasteiger partial charge is 0.497 e. The molecule has 0 spiro atoms. The average Bonchev–Trinajstić information content (AvgIpc) is 2.77. The molecule has 1 aromatic carbocycles. The van der Waals surface area contributed by atoms with Crippen molar-refractivity contribution in [3.8, 4) is 11.5 Å². The zero-order valence-electron chi connectivity index (χ0n) is 16.5. The van der Waals surface area contributed by atoms with Gasteiger partial charge in [0.05, 0.1) is 14.2 Å². The zero-order valence-corrected chi connectivity index (χ0v) is 16.5. The van der Waals surface area contributed by atoms with Gasteiger partial charge in [-0.25, -0.2) is 0 Å². The summed E-state index contributed by atoms with van der Waals surface area (Å²) < 4.78 is 10.9. The van der Waals surface area contributed by atoms with Crippen molar-refractivity contribution in [3.63, 3.8) is 0 Å². The molecule has 150 valence electrons. The molecule has 0 saturated heterocycles. The molecule has 0 aliphatic heterocycles. The highest BCUT2D eigenvalue weighted by Crippen LogP contribution is 2.36. The number of amides is 1. The Balaban J connectivity index is 2.09. The number of ether oxygens (including phenoxy) is 2. The first-order chi connectivity index (χ1) is 14.1. The van der Waals surface area contributed by atoms with Crippen LogP contribution >= 0.6 is 0 Å². The summed E-state index contributed by atoms with van der Waals surface area (Å²) in [4.78, 5) is 21.1. The second-order valence-electron chi connectivity index (χ2n) is 6.58. The minimum atomic E-state index is -1.22. The van der Waals surface area contributed by atoms with Crippen LogP contribution in [0.4, 0.5) is 0 Å². The fourth-order valence-electron chi connectivity index (χ4n) is 3.27. The number of carbonyl (C=O) groups excluding carboxylic acids is 1. The van der Waals surface area contributed by atoms with E-state index in [1.54, 1.807) is 57.2 Å². The van der Waals surface area contributed by atoms with Crippen LogP contribution in [-0.2, 0) is 23.3 Å². The molecule has 3 rings (SSSR count). The first-order valence-electron chi connectivity index (χ1n) is 9.14. The highest BCUT2D eigenvalue weighted by Gasteiger charge is 2.41. The minimum Gasteiger partial charge on any atom is -0.497 e. The Morgan fingerprint density at radius 3 is 2.45 bits per heavy atom. The van der Waals surface area contributed by atoms with Gasteiger partial charge in [0.2, 0.25) is 5.91 Å². The van der Waals surface area contributed by atoms with E-state index in [2.05, 4.69) is 15.3 Å². The van der Waals surface area contributed by atoms with Gasteiger partial charge in [0.15, 0.2) is 0 Å². The maximum atomic E-state index is 12.9. The molecular formula is C22H24N4O3. The average molecular weight is 392 g/mol. The molecule has 0 bridgehead atoms. The van der Waals surface area contributed by atoms with Crippen LogP contribution in [0.3, 0.4) is 0 Å². The number of methoxy groups -OCH3 is 2. The molecule has 29 heavy (non-hydrogen) atoms. The number of pyridine rings is 2. The normalized spacial score (nSPS) is 12.8. The third kappa shape index (κ3) is 4.52. The van der Waals surface area contributed by atoms with E-state index in [0.717, 1.165) is 11.1 Å². The number of nitrogens with two attached hydrogens (primary N) is 1. The van der Waals surface area contributed by atoms with Crippen LogP contribution < -0.4 is 20.5 Å². The molecule has 0 aliphatic rings. The van der Waals surface area contributed by atoms with Crippen LogP contribution in [0.15, 0.2) is 67.3 Å². The lowest BCUT2D eigenvalue weighted by molar-refractivity contribution is -0.125. The molecule has 1 atom stereocenters. The summed E-state index contributed by atoms with van der Waals surface area (Å²) in [6.45, 7) is 0.418. The van der Waals surface area contributed by atoms with Crippen LogP contribution in [0.1, 0.15) is 16.7 Å². The molecule has 2 heterocycles. The first kappa shape index (κ1) is 20.3. The lowest BCUT2D eigenvalue weighted by Crippen LogP contribution is -2.54. The quantitative estimate of drug-likeness (QED) is 0.579. The van der Waals surface area contributed by atoms with Gasteiger partial charge in [0, 0.05) is 49.4 Å². The Kier molecular flexibility index (Phi) is 6.41. The van der Waals surface area contributed by atoms with Crippen molar-refractivity contribution in [3.05, 3.63) is 83.9 Å². The predicted octanol–water partition coefficient (Wildman–Crippen LogP) is 2.21. The van der Waals surface area contributed by atoms with Crippen LogP contribution in [0, 0.1) is 0 Å². The molecule has 7 nitrogen and oxygen atoms in total. The van der Waals surface area contributed by atoms with Crippen LogP contribution in [-0.4, -0.2) is 30.1 Å². The topological polar surface area (TPSA) is 99.4 Å². The van der Waals surface area contributed by atoms with Gasteiger partial charge in [0.1, 0.15) is 17.0 Å². The molecule has 0 fully saturated rings. The maximum absolute atomic E-state index is 12.9. The van der Waals surface area contributed by atoms with Crippen molar-refractivity contribution in [2.24, 2.45) is 5.73 Å². The fraction of sp³-hybridized carbons (Fsp3) is 0.227. The monoisotopic (exact) mass is 392 g/mol. The molecule has 1 amide bonds. The Labute approximate surface area is 169 Å². The summed E-state index contributed by atoms with van der Waals surface area (Å²) in [6.07, 6.45) is 7.13. The van der Waals surface area contributed by atoms with Crippen molar-refractivity contribution in [1.82, 2.24) is 15.3 Å². The third-order valence-electron chi connectivity index (χ3n) is 4.82. The number of nitrogens with one attached hydrogen (secondary N) is 1. The number of aromatic nitrogens is 2. The van der Waals surface area contributed by atoms with Crippen molar-refractivity contribution in [1.29, 1.82) is 0 Å². The summed E-state index contributed by atoms with van der Waals surface area (Å²) in [7, 11) is 3.13. The lowest BCUT2D eigenvalue weighted by atomic mass is 9.82. The van der Waals surface area contributed by atoms with Gasteiger partial charge in [0.25, 0.3) is 0 Å². The SMILES string of the molecule is COc1ccc(C(Cc2cccnc2)(NCc2ccncc2)C(N)=O)c(OC)c1. The van der Waals surface area contributed by atoms with E-state index >= 15 is 0 Å². The standard InChI is InChI=1S/C22H24N4O3/c1-28-18-5-6-19(20(12-18)29-2)22(21(23)27,13-17-4-3-9-25-14-17)26-15-16-7-10-24-11-8-16/h3-12,14,26H,13,15H2,1-2H3,(H2,23,27). The number of rotatable bonds is 9. The molecule has 3 aromatic rings. The van der Waals surface area contributed by atoms with Crippen LogP contribution in [0.5, 0.6) is 11.5 Å². The molecular weight excluding hydrogens is 368 g/mol. The van der Waals surface area contributed by atoms with Gasteiger partial charge >= 0.3 is 0 Å². The number of hydrogen-bond acceptors (Lipinski definition) is 6.